The number of carbonyl (C=O) groups is 4. The van der Waals surface area contributed by atoms with Crippen LogP contribution in [0.15, 0.2) is 0 Å². The molecule has 3 N–H and O–H groups in total. The van der Waals surface area contributed by atoms with E-state index in [0.717, 1.165) is 108 Å². The molecule has 19 heteroatoms. The van der Waals surface area contributed by atoms with Crippen molar-refractivity contribution in [1.29, 1.82) is 0 Å². The van der Waals surface area contributed by atoms with Crippen molar-refractivity contribution in [2.24, 2.45) is 17.8 Å². The molecule has 5 atom stereocenters. The quantitative estimate of drug-likeness (QED) is 0.0222. The smallest absolute Gasteiger partial charge is 0.462 e. The van der Waals surface area contributed by atoms with Gasteiger partial charge in [0.2, 0.25) is 0 Å². The molecule has 90 heavy (non-hydrogen) atoms. The summed E-state index contributed by atoms with van der Waals surface area (Å²) in [6, 6.07) is 0. The van der Waals surface area contributed by atoms with Crippen LogP contribution in [0.4, 0.5) is 0 Å². The Morgan fingerprint density at radius 3 is 0.756 bits per heavy atom. The lowest BCUT2D eigenvalue weighted by atomic mass is 10.0. The molecule has 0 aliphatic carbocycles. The maximum absolute atomic E-state index is 13.0. The first-order valence-corrected chi connectivity index (χ1v) is 39.8. The summed E-state index contributed by atoms with van der Waals surface area (Å²) >= 11 is 0. The van der Waals surface area contributed by atoms with Crippen molar-refractivity contribution in [3.05, 3.63) is 0 Å². The number of hydrogen-bond acceptors (Lipinski definition) is 15. The molecule has 0 aromatic carbocycles. The number of phosphoric ester groups is 2. The molecular formula is C71H138O17P2. The lowest BCUT2D eigenvalue weighted by molar-refractivity contribution is -0.161. The minimum absolute atomic E-state index is 0.106. The number of aliphatic hydroxyl groups is 1. The highest BCUT2D eigenvalue weighted by Gasteiger charge is 2.30. The standard InChI is InChI=1S/C71H138O17P2/c1-8-9-10-11-12-13-14-17-24-33-40-47-54-70(75)88-67(59-82-69(74)53-46-39-32-27-26-30-37-44-51-64(6)7)61-86-90(79,80)84-57-65(72)56-83-89(77,78)85-60-66(58-81-68(73)52-45-38-31-23-20-19-22-29-36-43-50-63(4)5)87-71(76)55-48-41-34-25-18-15-16-21-28-35-42-49-62(2)3/h62-67,72H,8-61H2,1-7H3,(H,77,78)(H,79,80)/t65-,66-,67-/m1/s1. The molecule has 534 valence electrons. The van der Waals surface area contributed by atoms with Crippen molar-refractivity contribution in [3.8, 4) is 0 Å². The maximum atomic E-state index is 13.0. The van der Waals surface area contributed by atoms with Gasteiger partial charge in [-0.25, -0.2) is 9.13 Å². The molecule has 0 aromatic heterocycles. The van der Waals surface area contributed by atoms with Crippen LogP contribution in [0, 0.1) is 17.8 Å². The van der Waals surface area contributed by atoms with E-state index >= 15 is 0 Å². The molecule has 0 aliphatic rings. The molecule has 17 nitrogen and oxygen atoms in total. The number of esters is 4. The minimum atomic E-state index is -4.95. The van der Waals surface area contributed by atoms with Gasteiger partial charge in [-0.15, -0.1) is 0 Å². The van der Waals surface area contributed by atoms with Gasteiger partial charge in [0.15, 0.2) is 12.2 Å². The van der Waals surface area contributed by atoms with Gasteiger partial charge in [0.05, 0.1) is 26.4 Å². The number of phosphoric acid groups is 2. The van der Waals surface area contributed by atoms with Crippen LogP contribution in [0.5, 0.6) is 0 Å². The maximum Gasteiger partial charge on any atom is 0.472 e. The first-order valence-electron chi connectivity index (χ1n) is 36.8. The van der Waals surface area contributed by atoms with E-state index in [9.17, 15) is 43.2 Å². The van der Waals surface area contributed by atoms with Crippen LogP contribution in [0.25, 0.3) is 0 Å². The van der Waals surface area contributed by atoms with Crippen LogP contribution in [0.2, 0.25) is 0 Å². The van der Waals surface area contributed by atoms with Crippen molar-refractivity contribution in [2.45, 2.75) is 375 Å². The van der Waals surface area contributed by atoms with E-state index in [0.29, 0.717) is 25.7 Å². The number of unbranched alkanes of at least 4 members (excludes halogenated alkanes) is 37. The van der Waals surface area contributed by atoms with E-state index in [4.69, 9.17) is 37.0 Å². The predicted octanol–water partition coefficient (Wildman–Crippen LogP) is 20.2. The van der Waals surface area contributed by atoms with Gasteiger partial charge in [-0.2, -0.15) is 0 Å². The fourth-order valence-electron chi connectivity index (χ4n) is 10.7. The van der Waals surface area contributed by atoms with Gasteiger partial charge in [-0.05, 0) is 43.4 Å². The number of carbonyl (C=O) groups excluding carboxylic acids is 4. The lowest BCUT2D eigenvalue weighted by Crippen LogP contribution is -2.30. The number of hydrogen-bond donors (Lipinski definition) is 3. The van der Waals surface area contributed by atoms with Crippen molar-refractivity contribution in [3.63, 3.8) is 0 Å². The van der Waals surface area contributed by atoms with Crippen LogP contribution < -0.4 is 0 Å². The fourth-order valence-corrected chi connectivity index (χ4v) is 12.3. The summed E-state index contributed by atoms with van der Waals surface area (Å²) < 4.78 is 68.3. The zero-order valence-electron chi connectivity index (χ0n) is 58.6. The molecule has 0 bridgehead atoms. The van der Waals surface area contributed by atoms with Crippen LogP contribution >= 0.6 is 15.6 Å². The Bertz CT molecular complexity index is 1770. The average Bonchev–Trinajstić information content (AvgIpc) is 3.65. The van der Waals surface area contributed by atoms with Crippen LogP contribution in [-0.4, -0.2) is 96.7 Å². The Morgan fingerprint density at radius 2 is 0.511 bits per heavy atom. The Hall–Kier alpha value is -1.94. The fraction of sp³-hybridized carbons (Fsp3) is 0.944. The molecule has 0 fully saturated rings. The second kappa shape index (κ2) is 61.9. The lowest BCUT2D eigenvalue weighted by Gasteiger charge is -2.21. The molecular weight excluding hydrogens is 1190 g/mol. The SMILES string of the molecule is CCCCCCCCCCCCCCC(=O)O[C@H](COC(=O)CCCCCCCCCCC(C)C)COP(=O)(O)OC[C@H](O)COP(=O)(O)OC[C@@H](COC(=O)CCCCCCCCCCCCC(C)C)OC(=O)CCCCCCCCCCCCCC(C)C. The van der Waals surface area contributed by atoms with Gasteiger partial charge in [0.25, 0.3) is 0 Å². The van der Waals surface area contributed by atoms with Gasteiger partial charge < -0.3 is 33.8 Å². The molecule has 0 radical (unpaired) electrons. The third-order valence-corrected chi connectivity index (χ3v) is 18.3. The molecule has 2 unspecified atom stereocenters. The van der Waals surface area contributed by atoms with E-state index in [1.807, 2.05) is 0 Å². The molecule has 0 saturated carbocycles. The predicted molar refractivity (Wildman–Crippen MR) is 363 cm³/mol. The van der Waals surface area contributed by atoms with Gasteiger partial charge >= 0.3 is 39.5 Å². The summed E-state index contributed by atoms with van der Waals surface area (Å²) in [6.45, 7) is 11.8. The Morgan fingerprint density at radius 1 is 0.300 bits per heavy atom. The van der Waals surface area contributed by atoms with E-state index in [-0.39, 0.29) is 25.7 Å². The summed E-state index contributed by atoms with van der Waals surface area (Å²) in [5.74, 6) is 0.126. The Balaban J connectivity index is 5.26. The van der Waals surface area contributed by atoms with E-state index in [1.165, 1.54) is 167 Å². The van der Waals surface area contributed by atoms with E-state index in [2.05, 4.69) is 48.5 Å². The third-order valence-electron chi connectivity index (χ3n) is 16.4. The highest BCUT2D eigenvalue weighted by atomic mass is 31.2. The molecule has 0 aromatic rings. The second-order valence-electron chi connectivity index (χ2n) is 27.1. The van der Waals surface area contributed by atoms with Crippen molar-refractivity contribution >= 4 is 39.5 Å². The number of aliphatic hydroxyl groups excluding tert-OH is 1. The normalized spacial score (nSPS) is 14.2. The van der Waals surface area contributed by atoms with E-state index < -0.39 is 97.5 Å². The van der Waals surface area contributed by atoms with Crippen LogP contribution in [0.1, 0.15) is 357 Å². The molecule has 0 aliphatic heterocycles. The highest BCUT2D eigenvalue weighted by Crippen LogP contribution is 2.45. The summed E-state index contributed by atoms with van der Waals surface area (Å²) in [4.78, 5) is 72.6. The number of ether oxygens (including phenoxy) is 4. The van der Waals surface area contributed by atoms with Crippen LogP contribution in [0.3, 0.4) is 0 Å². The second-order valence-corrected chi connectivity index (χ2v) is 30.0. The molecule has 0 spiro atoms. The van der Waals surface area contributed by atoms with Gasteiger partial charge in [-0.3, -0.25) is 37.3 Å². The van der Waals surface area contributed by atoms with E-state index in [1.54, 1.807) is 0 Å². The average molecular weight is 1330 g/mol. The summed E-state index contributed by atoms with van der Waals surface area (Å²) in [5.41, 5.74) is 0. The number of rotatable bonds is 69. The molecule has 0 saturated heterocycles. The molecule has 0 rings (SSSR count). The van der Waals surface area contributed by atoms with Crippen molar-refractivity contribution < 1.29 is 80.2 Å². The zero-order chi connectivity index (χ0) is 66.6. The molecule has 0 amide bonds. The van der Waals surface area contributed by atoms with Gasteiger partial charge in [0.1, 0.15) is 19.3 Å². The first-order chi connectivity index (χ1) is 43.2. The largest absolute Gasteiger partial charge is 0.472 e. The third kappa shape index (κ3) is 64.8. The highest BCUT2D eigenvalue weighted by molar-refractivity contribution is 7.47. The Kier molecular flexibility index (Phi) is 60.6. The van der Waals surface area contributed by atoms with Crippen molar-refractivity contribution in [2.75, 3.05) is 39.6 Å². The monoisotopic (exact) mass is 1320 g/mol. The minimum Gasteiger partial charge on any atom is -0.462 e. The summed E-state index contributed by atoms with van der Waals surface area (Å²) in [7, 11) is -9.90. The topological polar surface area (TPSA) is 237 Å². The summed E-state index contributed by atoms with van der Waals surface area (Å²) in [6.07, 6.45) is 45.7. The molecule has 0 heterocycles. The first kappa shape index (κ1) is 88.1. The van der Waals surface area contributed by atoms with Crippen molar-refractivity contribution in [1.82, 2.24) is 0 Å². The zero-order valence-corrected chi connectivity index (χ0v) is 60.4. The van der Waals surface area contributed by atoms with Crippen LogP contribution in [-0.2, 0) is 65.4 Å². The summed E-state index contributed by atoms with van der Waals surface area (Å²) in [5, 5.41) is 10.6. The Labute approximate surface area is 549 Å². The van der Waals surface area contributed by atoms with Gasteiger partial charge in [0, 0.05) is 25.7 Å². The van der Waals surface area contributed by atoms with Gasteiger partial charge in [-0.1, -0.05) is 305 Å².